The van der Waals surface area contributed by atoms with Crippen LogP contribution in [0.2, 0.25) is 0 Å². The van der Waals surface area contributed by atoms with Gasteiger partial charge in [0.25, 0.3) is 0 Å². The Morgan fingerprint density at radius 1 is 1.36 bits per heavy atom. The van der Waals surface area contributed by atoms with Crippen molar-refractivity contribution in [2.75, 3.05) is 0 Å². The normalized spacial score (nSPS) is 11.9. The van der Waals surface area contributed by atoms with Crippen LogP contribution in [0.3, 0.4) is 0 Å². The van der Waals surface area contributed by atoms with E-state index < -0.39 is 0 Å². The van der Waals surface area contributed by atoms with E-state index in [1.807, 2.05) is 18.2 Å². The number of hydrogen-bond donors (Lipinski definition) is 2. The Hall–Kier alpha value is -0.730. The molecule has 1 rings (SSSR count). The zero-order valence-corrected chi connectivity index (χ0v) is 9.26. The average molecular weight is 216 g/mol. The van der Waals surface area contributed by atoms with Gasteiger partial charge < -0.3 is 10.8 Å². The molecular weight excluding hydrogens is 198 g/mol. The summed E-state index contributed by atoms with van der Waals surface area (Å²) in [5, 5.41) is 9.50. The van der Waals surface area contributed by atoms with E-state index in [4.69, 9.17) is 5.73 Å². The van der Waals surface area contributed by atoms with Crippen molar-refractivity contribution < 1.29 is 5.11 Å². The highest BCUT2D eigenvalue weighted by Crippen LogP contribution is 2.24. The predicted molar refractivity (Wildman–Crippen MR) is 61.8 cm³/mol. The summed E-state index contributed by atoms with van der Waals surface area (Å²) in [6, 6.07) is 7.25. The lowest BCUT2D eigenvalue weighted by Gasteiger charge is -2.12. The molecule has 0 bridgehead atoms. The topological polar surface area (TPSA) is 46.2 Å². The van der Waals surface area contributed by atoms with Crippen LogP contribution in [0.5, 0.6) is 5.75 Å². The maximum Gasteiger partial charge on any atom is 0.120 e. The monoisotopic (exact) mass is 215 g/mol. The first-order valence-electron chi connectivity index (χ1n) is 4.79. The van der Waals surface area contributed by atoms with E-state index >= 15 is 0 Å². The molecule has 2 nitrogen and oxygen atoms in total. The van der Waals surface area contributed by atoms with Crippen LogP contribution < -0.4 is 5.73 Å². The summed E-state index contributed by atoms with van der Waals surface area (Å²) in [4.78, 5) is 0. The Bertz CT molecular complexity index is 265. The van der Waals surface area contributed by atoms with Crippen molar-refractivity contribution in [1.82, 2.24) is 0 Å². The molecule has 1 atom stereocenters. The van der Waals surface area contributed by atoms with Crippen LogP contribution in [0.15, 0.2) is 24.3 Å². The second kappa shape index (κ2) is 6.68. The fourth-order valence-corrected chi connectivity index (χ4v) is 1.38. The molecule has 0 unspecified atom stereocenters. The minimum Gasteiger partial charge on any atom is -0.508 e. The number of halogens is 1. The van der Waals surface area contributed by atoms with Crippen LogP contribution in [0, 0.1) is 0 Å². The first kappa shape index (κ1) is 13.3. The van der Waals surface area contributed by atoms with Crippen LogP contribution in [-0.2, 0) is 0 Å². The lowest BCUT2D eigenvalue weighted by atomic mass is 10.0. The van der Waals surface area contributed by atoms with Crippen molar-refractivity contribution in [3.05, 3.63) is 29.8 Å². The van der Waals surface area contributed by atoms with Crippen LogP contribution in [0.4, 0.5) is 0 Å². The molecule has 0 heterocycles. The van der Waals surface area contributed by atoms with Gasteiger partial charge in [0.15, 0.2) is 0 Å². The van der Waals surface area contributed by atoms with Crippen LogP contribution in [-0.4, -0.2) is 5.11 Å². The summed E-state index contributed by atoms with van der Waals surface area (Å²) in [5.74, 6) is 0.311. The maximum atomic E-state index is 9.50. The molecule has 0 saturated carbocycles. The predicted octanol–water partition coefficient (Wildman–Crippen LogP) is 3.00. The number of nitrogens with two attached hydrogens (primary N) is 1. The molecule has 0 aliphatic carbocycles. The molecule has 0 amide bonds. The Kier molecular flexibility index (Phi) is 6.34. The Morgan fingerprint density at radius 3 is 2.57 bits per heavy atom. The number of rotatable bonds is 4. The van der Waals surface area contributed by atoms with Crippen molar-refractivity contribution in [3.8, 4) is 5.75 Å². The fourth-order valence-electron chi connectivity index (χ4n) is 1.38. The molecule has 3 N–H and O–H groups in total. The third-order valence-corrected chi connectivity index (χ3v) is 2.20. The second-order valence-corrected chi connectivity index (χ2v) is 3.31. The summed E-state index contributed by atoms with van der Waals surface area (Å²) in [7, 11) is 0. The largest absolute Gasteiger partial charge is 0.508 e. The zero-order valence-electron chi connectivity index (χ0n) is 8.44. The second-order valence-electron chi connectivity index (χ2n) is 3.31. The number of para-hydroxylation sites is 1. The summed E-state index contributed by atoms with van der Waals surface area (Å²) in [6.45, 7) is 2.14. The fraction of sp³-hybridized carbons (Fsp3) is 0.455. The number of benzene rings is 1. The Labute approximate surface area is 91.5 Å². The summed E-state index contributed by atoms with van der Waals surface area (Å²) >= 11 is 0. The maximum absolute atomic E-state index is 9.50. The zero-order chi connectivity index (χ0) is 9.68. The van der Waals surface area contributed by atoms with Gasteiger partial charge in [0.05, 0.1) is 0 Å². The van der Waals surface area contributed by atoms with Crippen molar-refractivity contribution >= 4 is 12.4 Å². The Balaban J connectivity index is 0.00000169. The SMILES string of the molecule is CCCC[C@@H](N)c1ccccc1O.Cl. The van der Waals surface area contributed by atoms with E-state index in [1.165, 1.54) is 0 Å². The third kappa shape index (κ3) is 3.56. The molecular formula is C11H18ClNO. The minimum atomic E-state index is -0.0267. The molecule has 0 radical (unpaired) electrons. The minimum absolute atomic E-state index is 0. The lowest BCUT2D eigenvalue weighted by Crippen LogP contribution is -2.09. The molecule has 1 aromatic carbocycles. The van der Waals surface area contributed by atoms with Gasteiger partial charge in [-0.05, 0) is 12.5 Å². The van der Waals surface area contributed by atoms with Crippen molar-refractivity contribution in [2.24, 2.45) is 5.73 Å². The number of aromatic hydroxyl groups is 1. The lowest BCUT2D eigenvalue weighted by molar-refractivity contribution is 0.456. The van der Waals surface area contributed by atoms with Gasteiger partial charge in [-0.1, -0.05) is 38.0 Å². The van der Waals surface area contributed by atoms with Gasteiger partial charge in [-0.25, -0.2) is 0 Å². The van der Waals surface area contributed by atoms with Crippen molar-refractivity contribution in [3.63, 3.8) is 0 Å². The average Bonchev–Trinajstić information content (AvgIpc) is 2.15. The van der Waals surface area contributed by atoms with E-state index in [0.29, 0.717) is 5.75 Å². The summed E-state index contributed by atoms with van der Waals surface area (Å²) < 4.78 is 0. The van der Waals surface area contributed by atoms with Crippen LogP contribution >= 0.6 is 12.4 Å². The molecule has 14 heavy (non-hydrogen) atoms. The first-order valence-corrected chi connectivity index (χ1v) is 4.79. The number of hydrogen-bond acceptors (Lipinski definition) is 2. The third-order valence-electron chi connectivity index (χ3n) is 2.20. The quantitative estimate of drug-likeness (QED) is 0.811. The Morgan fingerprint density at radius 2 is 2.00 bits per heavy atom. The molecule has 0 saturated heterocycles. The van der Waals surface area contributed by atoms with Gasteiger partial charge in [0, 0.05) is 11.6 Å². The van der Waals surface area contributed by atoms with E-state index in [2.05, 4.69) is 6.92 Å². The summed E-state index contributed by atoms with van der Waals surface area (Å²) in [5.41, 5.74) is 6.78. The van der Waals surface area contributed by atoms with E-state index in [1.54, 1.807) is 6.07 Å². The summed E-state index contributed by atoms with van der Waals surface area (Å²) in [6.07, 6.45) is 3.19. The molecule has 3 heteroatoms. The van der Waals surface area contributed by atoms with E-state index in [-0.39, 0.29) is 18.4 Å². The van der Waals surface area contributed by atoms with Gasteiger partial charge in [-0.3, -0.25) is 0 Å². The molecule has 80 valence electrons. The molecule has 1 aromatic rings. The van der Waals surface area contributed by atoms with Gasteiger partial charge in [-0.2, -0.15) is 0 Å². The molecule has 0 aromatic heterocycles. The van der Waals surface area contributed by atoms with Crippen molar-refractivity contribution in [1.29, 1.82) is 0 Å². The van der Waals surface area contributed by atoms with E-state index in [0.717, 1.165) is 24.8 Å². The smallest absolute Gasteiger partial charge is 0.120 e. The number of phenolic OH excluding ortho intramolecular Hbond substituents is 1. The van der Waals surface area contributed by atoms with Crippen molar-refractivity contribution in [2.45, 2.75) is 32.2 Å². The van der Waals surface area contributed by atoms with Gasteiger partial charge in [-0.15, -0.1) is 12.4 Å². The van der Waals surface area contributed by atoms with E-state index in [9.17, 15) is 5.11 Å². The highest BCUT2D eigenvalue weighted by molar-refractivity contribution is 5.85. The number of unbranched alkanes of at least 4 members (excludes halogenated alkanes) is 1. The highest BCUT2D eigenvalue weighted by Gasteiger charge is 2.08. The van der Waals surface area contributed by atoms with Gasteiger partial charge >= 0.3 is 0 Å². The number of phenols is 1. The molecule has 0 spiro atoms. The van der Waals surface area contributed by atoms with Crippen LogP contribution in [0.1, 0.15) is 37.8 Å². The van der Waals surface area contributed by atoms with Crippen LogP contribution in [0.25, 0.3) is 0 Å². The molecule has 0 fully saturated rings. The first-order chi connectivity index (χ1) is 6.25. The standard InChI is InChI=1S/C11H17NO.ClH/c1-2-3-7-10(12)9-6-4-5-8-11(9)13;/h4-6,8,10,13H,2-3,7,12H2,1H3;1H/t10-;/m1./s1. The van der Waals surface area contributed by atoms with Gasteiger partial charge in [0.2, 0.25) is 0 Å². The van der Waals surface area contributed by atoms with Gasteiger partial charge in [0.1, 0.15) is 5.75 Å². The molecule has 0 aliphatic heterocycles. The molecule has 0 aliphatic rings. The highest BCUT2D eigenvalue weighted by atomic mass is 35.5.